The Morgan fingerprint density at radius 2 is 1.80 bits per heavy atom. The summed E-state index contributed by atoms with van der Waals surface area (Å²) < 4.78 is 5.08. The van der Waals surface area contributed by atoms with Crippen LogP contribution in [-0.2, 0) is 0 Å². The maximum atomic E-state index is 11.0. The predicted molar refractivity (Wildman–Crippen MR) is 79.8 cm³/mol. The van der Waals surface area contributed by atoms with Crippen LogP contribution in [0.5, 0.6) is 5.75 Å². The number of nitro groups is 1. The van der Waals surface area contributed by atoms with Gasteiger partial charge in [-0.2, -0.15) is 0 Å². The predicted octanol–water partition coefficient (Wildman–Crippen LogP) is 4.08. The van der Waals surface area contributed by atoms with Gasteiger partial charge in [0.15, 0.2) is 0 Å². The van der Waals surface area contributed by atoms with Gasteiger partial charge < -0.3 is 4.74 Å². The molecule has 4 nitrogen and oxygen atoms in total. The number of hydrogen-bond acceptors (Lipinski definition) is 3. The largest absolute Gasteiger partial charge is 0.497 e. The number of ether oxygens (including phenoxy) is 1. The number of nitro benzene ring substituents is 1. The standard InChI is InChI=1S/C16H15NO3/c1-12-3-7-14(16(11-12)17(18)19)8-4-13-5-9-15(20-2)10-6-13/h3-11H,1-2H3. The normalized spacial score (nSPS) is 10.7. The molecule has 0 saturated carbocycles. The van der Waals surface area contributed by atoms with Crippen LogP contribution < -0.4 is 4.74 Å². The highest BCUT2D eigenvalue weighted by Gasteiger charge is 2.10. The molecule has 0 spiro atoms. The van der Waals surface area contributed by atoms with Gasteiger partial charge in [0, 0.05) is 6.07 Å². The first kappa shape index (κ1) is 13.8. The summed E-state index contributed by atoms with van der Waals surface area (Å²) in [4.78, 5) is 10.7. The van der Waals surface area contributed by atoms with Crippen molar-refractivity contribution in [3.63, 3.8) is 0 Å². The second-order valence-electron chi connectivity index (χ2n) is 4.43. The van der Waals surface area contributed by atoms with Gasteiger partial charge in [0.25, 0.3) is 5.69 Å². The molecule has 0 radical (unpaired) electrons. The zero-order valence-electron chi connectivity index (χ0n) is 11.4. The summed E-state index contributed by atoms with van der Waals surface area (Å²) in [6.07, 6.45) is 3.59. The van der Waals surface area contributed by atoms with E-state index in [4.69, 9.17) is 4.74 Å². The van der Waals surface area contributed by atoms with Gasteiger partial charge in [-0.25, -0.2) is 0 Å². The Labute approximate surface area is 117 Å². The summed E-state index contributed by atoms with van der Waals surface area (Å²) in [5, 5.41) is 11.0. The quantitative estimate of drug-likeness (QED) is 0.477. The van der Waals surface area contributed by atoms with E-state index in [-0.39, 0.29) is 10.6 Å². The van der Waals surface area contributed by atoms with Crippen LogP contribution in [0.2, 0.25) is 0 Å². The van der Waals surface area contributed by atoms with Crippen LogP contribution in [0.25, 0.3) is 12.2 Å². The number of methoxy groups -OCH3 is 1. The average Bonchev–Trinajstić information content (AvgIpc) is 2.46. The minimum atomic E-state index is -0.360. The lowest BCUT2D eigenvalue weighted by Crippen LogP contribution is -1.92. The Balaban J connectivity index is 2.28. The summed E-state index contributed by atoms with van der Waals surface area (Å²) in [7, 11) is 1.61. The number of nitrogens with zero attached hydrogens (tertiary/aromatic N) is 1. The van der Waals surface area contributed by atoms with Gasteiger partial charge in [-0.05, 0) is 42.3 Å². The van der Waals surface area contributed by atoms with Gasteiger partial charge in [0.05, 0.1) is 17.6 Å². The Morgan fingerprint density at radius 1 is 1.10 bits per heavy atom. The van der Waals surface area contributed by atoms with Gasteiger partial charge in [-0.3, -0.25) is 10.1 Å². The van der Waals surface area contributed by atoms with Crippen molar-refractivity contribution >= 4 is 17.8 Å². The topological polar surface area (TPSA) is 52.4 Å². The molecular formula is C16H15NO3. The fourth-order valence-electron chi connectivity index (χ4n) is 1.85. The molecule has 2 aromatic carbocycles. The second-order valence-corrected chi connectivity index (χ2v) is 4.43. The van der Waals surface area contributed by atoms with Crippen LogP contribution in [0, 0.1) is 17.0 Å². The molecule has 0 atom stereocenters. The van der Waals surface area contributed by atoms with E-state index in [0.29, 0.717) is 5.56 Å². The third-order valence-electron chi connectivity index (χ3n) is 2.95. The van der Waals surface area contributed by atoms with Crippen LogP contribution in [0.15, 0.2) is 42.5 Å². The van der Waals surface area contributed by atoms with Crippen molar-refractivity contribution in [1.29, 1.82) is 0 Å². The third-order valence-corrected chi connectivity index (χ3v) is 2.95. The van der Waals surface area contributed by atoms with E-state index in [1.807, 2.05) is 43.3 Å². The molecule has 4 heteroatoms. The molecule has 0 fully saturated rings. The Bertz CT molecular complexity index is 645. The number of hydrogen-bond donors (Lipinski definition) is 0. The highest BCUT2D eigenvalue weighted by molar-refractivity contribution is 5.74. The van der Waals surface area contributed by atoms with Crippen molar-refractivity contribution in [2.24, 2.45) is 0 Å². The maximum absolute atomic E-state index is 11.0. The van der Waals surface area contributed by atoms with Gasteiger partial charge in [0.1, 0.15) is 5.75 Å². The summed E-state index contributed by atoms with van der Waals surface area (Å²) in [5.74, 6) is 0.781. The summed E-state index contributed by atoms with van der Waals surface area (Å²) in [5.41, 5.74) is 2.55. The molecule has 0 amide bonds. The molecule has 0 bridgehead atoms. The van der Waals surface area contributed by atoms with E-state index in [1.54, 1.807) is 25.3 Å². The van der Waals surface area contributed by atoms with Crippen LogP contribution in [0.4, 0.5) is 5.69 Å². The van der Waals surface area contributed by atoms with Crippen LogP contribution >= 0.6 is 0 Å². The summed E-state index contributed by atoms with van der Waals surface area (Å²) >= 11 is 0. The van der Waals surface area contributed by atoms with Gasteiger partial charge in [-0.15, -0.1) is 0 Å². The first-order chi connectivity index (χ1) is 9.60. The second kappa shape index (κ2) is 6.02. The Morgan fingerprint density at radius 3 is 2.40 bits per heavy atom. The van der Waals surface area contributed by atoms with Crippen molar-refractivity contribution in [2.75, 3.05) is 7.11 Å². The lowest BCUT2D eigenvalue weighted by molar-refractivity contribution is -0.385. The average molecular weight is 269 g/mol. The first-order valence-corrected chi connectivity index (χ1v) is 6.17. The molecule has 0 aliphatic rings. The van der Waals surface area contributed by atoms with Gasteiger partial charge >= 0.3 is 0 Å². The molecule has 0 aliphatic carbocycles. The molecule has 0 aromatic heterocycles. The van der Waals surface area contributed by atoms with Gasteiger partial charge in [-0.1, -0.05) is 24.3 Å². The third kappa shape index (κ3) is 3.23. The minimum absolute atomic E-state index is 0.120. The highest BCUT2D eigenvalue weighted by Crippen LogP contribution is 2.22. The Hall–Kier alpha value is -2.62. The summed E-state index contributed by atoms with van der Waals surface area (Å²) in [6, 6.07) is 12.7. The monoisotopic (exact) mass is 269 g/mol. The van der Waals surface area contributed by atoms with Crippen LogP contribution in [0.1, 0.15) is 16.7 Å². The number of rotatable bonds is 4. The molecule has 0 heterocycles. The summed E-state index contributed by atoms with van der Waals surface area (Å²) in [6.45, 7) is 1.84. The molecule has 102 valence electrons. The molecular weight excluding hydrogens is 254 g/mol. The highest BCUT2D eigenvalue weighted by atomic mass is 16.6. The lowest BCUT2D eigenvalue weighted by atomic mass is 10.1. The van der Waals surface area contributed by atoms with E-state index in [0.717, 1.165) is 16.9 Å². The van der Waals surface area contributed by atoms with Crippen molar-refractivity contribution in [2.45, 2.75) is 6.92 Å². The van der Waals surface area contributed by atoms with E-state index in [9.17, 15) is 10.1 Å². The zero-order chi connectivity index (χ0) is 14.5. The first-order valence-electron chi connectivity index (χ1n) is 6.17. The molecule has 0 N–H and O–H groups in total. The SMILES string of the molecule is COc1ccc(C=Cc2ccc(C)cc2[N+](=O)[O-])cc1. The molecule has 0 aliphatic heterocycles. The van der Waals surface area contributed by atoms with Crippen LogP contribution in [0.3, 0.4) is 0 Å². The molecule has 2 aromatic rings. The minimum Gasteiger partial charge on any atom is -0.497 e. The van der Waals surface area contributed by atoms with E-state index >= 15 is 0 Å². The maximum Gasteiger partial charge on any atom is 0.276 e. The van der Waals surface area contributed by atoms with E-state index in [1.165, 1.54) is 0 Å². The van der Waals surface area contributed by atoms with E-state index in [2.05, 4.69) is 0 Å². The fourth-order valence-corrected chi connectivity index (χ4v) is 1.85. The van der Waals surface area contributed by atoms with Gasteiger partial charge in [0.2, 0.25) is 0 Å². The molecule has 2 rings (SSSR count). The van der Waals surface area contributed by atoms with E-state index < -0.39 is 0 Å². The zero-order valence-corrected chi connectivity index (χ0v) is 11.4. The lowest BCUT2D eigenvalue weighted by Gasteiger charge is -2.01. The number of aryl methyl sites for hydroxylation is 1. The number of benzene rings is 2. The molecule has 0 saturated heterocycles. The van der Waals surface area contributed by atoms with Crippen molar-refractivity contribution < 1.29 is 9.66 Å². The van der Waals surface area contributed by atoms with Crippen molar-refractivity contribution in [3.05, 3.63) is 69.3 Å². The fraction of sp³-hybridized carbons (Fsp3) is 0.125. The smallest absolute Gasteiger partial charge is 0.276 e. The van der Waals surface area contributed by atoms with Crippen molar-refractivity contribution in [1.82, 2.24) is 0 Å². The molecule has 0 unspecified atom stereocenters. The molecule has 20 heavy (non-hydrogen) atoms. The van der Waals surface area contributed by atoms with Crippen LogP contribution in [-0.4, -0.2) is 12.0 Å². The Kier molecular flexibility index (Phi) is 4.15. The van der Waals surface area contributed by atoms with Crippen molar-refractivity contribution in [3.8, 4) is 5.75 Å².